The van der Waals surface area contributed by atoms with Gasteiger partial charge in [-0.3, -0.25) is 4.79 Å². The fraction of sp³-hybridized carbons (Fsp3) is 0.526. The first kappa shape index (κ1) is 22.5. The van der Waals surface area contributed by atoms with Crippen LogP contribution in [0.25, 0.3) is 0 Å². The van der Waals surface area contributed by atoms with Crippen LogP contribution in [0.5, 0.6) is 0 Å². The number of hydrogen-bond donors (Lipinski definition) is 1. The second-order valence-electron chi connectivity index (χ2n) is 7.70. The molecule has 7 nitrogen and oxygen atoms in total. The zero-order valence-corrected chi connectivity index (χ0v) is 16.4. The van der Waals surface area contributed by atoms with Gasteiger partial charge in [-0.25, -0.2) is 9.59 Å². The summed E-state index contributed by atoms with van der Waals surface area (Å²) in [6.07, 6.45) is -5.63. The summed E-state index contributed by atoms with van der Waals surface area (Å²) in [4.78, 5) is 37.4. The number of esters is 1. The van der Waals surface area contributed by atoms with Crippen LogP contribution in [0.1, 0.15) is 48.2 Å². The molecule has 1 amide bonds. The van der Waals surface area contributed by atoms with Crippen molar-refractivity contribution in [3.63, 3.8) is 0 Å². The highest BCUT2D eigenvalue weighted by Gasteiger charge is 2.45. The molecule has 0 saturated carbocycles. The third-order valence-electron chi connectivity index (χ3n) is 4.48. The molecule has 29 heavy (non-hydrogen) atoms. The van der Waals surface area contributed by atoms with Crippen LogP contribution in [0.4, 0.5) is 18.0 Å². The summed E-state index contributed by atoms with van der Waals surface area (Å²) < 4.78 is 50.1. The number of carboxylic acid groups (broad SMARTS) is 1. The van der Waals surface area contributed by atoms with Crippen molar-refractivity contribution < 1.29 is 42.1 Å². The molecule has 1 aromatic carbocycles. The molecular weight excluding hydrogens is 395 g/mol. The van der Waals surface area contributed by atoms with E-state index >= 15 is 0 Å². The largest absolute Gasteiger partial charge is 0.481 e. The summed E-state index contributed by atoms with van der Waals surface area (Å²) in [5.74, 6) is -4.78. The SMILES string of the molecule is COC(=O)c1c(C2CN(C(=O)OC(C)(C)C)C[C@@H]2C(=O)O)cccc1C(F)(F)F. The van der Waals surface area contributed by atoms with E-state index in [1.165, 1.54) is 6.07 Å². The molecule has 0 aliphatic carbocycles. The third kappa shape index (κ3) is 4.99. The zero-order valence-electron chi connectivity index (χ0n) is 16.4. The summed E-state index contributed by atoms with van der Waals surface area (Å²) in [5, 5.41) is 9.58. The van der Waals surface area contributed by atoms with E-state index in [-0.39, 0.29) is 18.7 Å². The number of likely N-dealkylation sites (tertiary alicyclic amines) is 1. The average molecular weight is 417 g/mol. The van der Waals surface area contributed by atoms with Crippen LogP contribution in [0.15, 0.2) is 18.2 Å². The van der Waals surface area contributed by atoms with Gasteiger partial charge in [-0.1, -0.05) is 12.1 Å². The number of amides is 1. The Morgan fingerprint density at radius 1 is 1.14 bits per heavy atom. The normalized spacial score (nSPS) is 19.8. The van der Waals surface area contributed by atoms with Crippen LogP contribution in [0, 0.1) is 5.92 Å². The van der Waals surface area contributed by atoms with Gasteiger partial charge in [-0.2, -0.15) is 13.2 Å². The molecule has 1 aliphatic rings. The Hall–Kier alpha value is -2.78. The standard InChI is InChI=1S/C19H22F3NO6/c1-18(2,3)29-17(27)23-8-11(12(9-23)15(24)25)10-6-5-7-13(19(20,21)22)14(10)16(26)28-4/h5-7,11-12H,8-9H2,1-4H3,(H,24,25)/t11?,12-/m0/s1. The quantitative estimate of drug-likeness (QED) is 0.757. The first-order valence-corrected chi connectivity index (χ1v) is 8.75. The highest BCUT2D eigenvalue weighted by Crippen LogP contribution is 2.40. The van der Waals surface area contributed by atoms with Crippen molar-refractivity contribution in [2.45, 2.75) is 38.5 Å². The molecule has 1 saturated heterocycles. The van der Waals surface area contributed by atoms with Gasteiger partial charge >= 0.3 is 24.2 Å². The van der Waals surface area contributed by atoms with Gasteiger partial charge in [0.15, 0.2) is 0 Å². The van der Waals surface area contributed by atoms with Crippen molar-refractivity contribution in [2.75, 3.05) is 20.2 Å². The molecule has 0 bridgehead atoms. The number of benzene rings is 1. The molecule has 1 aromatic rings. The number of methoxy groups -OCH3 is 1. The smallest absolute Gasteiger partial charge is 0.417 e. The van der Waals surface area contributed by atoms with Crippen LogP contribution in [0.3, 0.4) is 0 Å². The summed E-state index contributed by atoms with van der Waals surface area (Å²) in [6, 6.07) is 3.08. The number of rotatable bonds is 3. The number of carbonyl (C=O) groups is 3. The second-order valence-corrected chi connectivity index (χ2v) is 7.70. The monoisotopic (exact) mass is 417 g/mol. The Morgan fingerprint density at radius 3 is 2.24 bits per heavy atom. The third-order valence-corrected chi connectivity index (χ3v) is 4.48. The van der Waals surface area contributed by atoms with Crippen LogP contribution >= 0.6 is 0 Å². The van der Waals surface area contributed by atoms with Crippen molar-refractivity contribution in [1.29, 1.82) is 0 Å². The molecule has 160 valence electrons. The molecule has 1 N–H and O–H groups in total. The molecule has 0 spiro atoms. The van der Waals surface area contributed by atoms with Gasteiger partial charge in [0, 0.05) is 19.0 Å². The molecule has 1 heterocycles. The number of nitrogens with zero attached hydrogens (tertiary/aromatic N) is 1. The summed E-state index contributed by atoms with van der Waals surface area (Å²) >= 11 is 0. The lowest BCUT2D eigenvalue weighted by Gasteiger charge is -2.24. The van der Waals surface area contributed by atoms with Gasteiger partial charge in [0.25, 0.3) is 0 Å². The van der Waals surface area contributed by atoms with Crippen LogP contribution < -0.4 is 0 Å². The molecular formula is C19H22F3NO6. The minimum Gasteiger partial charge on any atom is -0.481 e. The number of carboxylic acids is 1. The maximum atomic E-state index is 13.4. The fourth-order valence-corrected chi connectivity index (χ4v) is 3.29. The second kappa shape index (κ2) is 7.92. The average Bonchev–Trinajstić information content (AvgIpc) is 3.04. The topological polar surface area (TPSA) is 93.1 Å². The Balaban J connectivity index is 2.52. The zero-order chi connectivity index (χ0) is 22.1. The van der Waals surface area contributed by atoms with E-state index < -0.39 is 52.8 Å². The molecule has 1 fully saturated rings. The number of halogens is 3. The van der Waals surface area contributed by atoms with Gasteiger partial charge in [0.2, 0.25) is 0 Å². The molecule has 1 unspecified atom stereocenters. The van der Waals surface area contributed by atoms with E-state index in [9.17, 15) is 32.7 Å². The number of alkyl halides is 3. The van der Waals surface area contributed by atoms with Gasteiger partial charge < -0.3 is 19.5 Å². The summed E-state index contributed by atoms with van der Waals surface area (Å²) in [7, 11) is 0.940. The maximum Gasteiger partial charge on any atom is 0.417 e. The lowest BCUT2D eigenvalue weighted by atomic mass is 9.84. The fourth-order valence-electron chi connectivity index (χ4n) is 3.29. The van der Waals surface area contributed by atoms with E-state index in [1.54, 1.807) is 20.8 Å². The van der Waals surface area contributed by atoms with Gasteiger partial charge in [-0.05, 0) is 32.4 Å². The van der Waals surface area contributed by atoms with E-state index in [0.29, 0.717) is 0 Å². The molecule has 2 atom stereocenters. The molecule has 10 heteroatoms. The number of carbonyl (C=O) groups excluding carboxylic acids is 2. The highest BCUT2D eigenvalue weighted by atomic mass is 19.4. The Bertz CT molecular complexity index is 815. The molecule has 1 aliphatic heterocycles. The van der Waals surface area contributed by atoms with Crippen molar-refractivity contribution in [3.8, 4) is 0 Å². The van der Waals surface area contributed by atoms with E-state index in [4.69, 9.17) is 4.74 Å². The Kier molecular flexibility index (Phi) is 6.15. The maximum absolute atomic E-state index is 13.4. The Labute approximate surface area is 165 Å². The number of aliphatic carboxylic acids is 1. The first-order chi connectivity index (χ1) is 13.3. The van der Waals surface area contributed by atoms with Gasteiger partial charge in [-0.15, -0.1) is 0 Å². The minimum absolute atomic E-state index is 0.134. The summed E-state index contributed by atoms with van der Waals surface area (Å²) in [6.45, 7) is 4.43. The molecule has 0 radical (unpaired) electrons. The predicted molar refractivity (Wildman–Crippen MR) is 94.5 cm³/mol. The Morgan fingerprint density at radius 2 is 1.76 bits per heavy atom. The predicted octanol–water partition coefficient (Wildman–Crippen LogP) is 3.53. The van der Waals surface area contributed by atoms with E-state index in [2.05, 4.69) is 4.74 Å². The van der Waals surface area contributed by atoms with Crippen LogP contribution in [-0.4, -0.2) is 53.8 Å². The lowest BCUT2D eigenvalue weighted by Crippen LogP contribution is -2.35. The van der Waals surface area contributed by atoms with Crippen molar-refractivity contribution >= 4 is 18.0 Å². The van der Waals surface area contributed by atoms with Crippen molar-refractivity contribution in [2.24, 2.45) is 5.92 Å². The summed E-state index contributed by atoms with van der Waals surface area (Å²) in [5.41, 5.74) is -2.93. The van der Waals surface area contributed by atoms with Crippen molar-refractivity contribution in [1.82, 2.24) is 4.90 Å². The molecule has 0 aromatic heterocycles. The molecule has 2 rings (SSSR count). The van der Waals surface area contributed by atoms with Gasteiger partial charge in [0.05, 0.1) is 24.2 Å². The van der Waals surface area contributed by atoms with Crippen molar-refractivity contribution in [3.05, 3.63) is 34.9 Å². The van der Waals surface area contributed by atoms with Gasteiger partial charge in [0.1, 0.15) is 5.60 Å². The van der Waals surface area contributed by atoms with E-state index in [0.717, 1.165) is 24.1 Å². The van der Waals surface area contributed by atoms with Crippen LogP contribution in [0.2, 0.25) is 0 Å². The van der Waals surface area contributed by atoms with Crippen LogP contribution in [-0.2, 0) is 20.4 Å². The minimum atomic E-state index is -4.85. The highest BCUT2D eigenvalue weighted by molar-refractivity contribution is 5.93. The lowest BCUT2D eigenvalue weighted by molar-refractivity contribution is -0.141. The number of ether oxygens (including phenoxy) is 2. The van der Waals surface area contributed by atoms with E-state index in [1.807, 2.05) is 0 Å². The first-order valence-electron chi connectivity index (χ1n) is 8.75. The number of hydrogen-bond acceptors (Lipinski definition) is 5.